The largest absolute Gasteiger partial charge is 0.456 e. The van der Waals surface area contributed by atoms with E-state index in [0.717, 1.165) is 104 Å². The number of furan rings is 1. The van der Waals surface area contributed by atoms with Crippen LogP contribution in [0.2, 0.25) is 0 Å². The van der Waals surface area contributed by atoms with Gasteiger partial charge in [-0.2, -0.15) is 0 Å². The van der Waals surface area contributed by atoms with E-state index in [1.807, 2.05) is 97.1 Å². The summed E-state index contributed by atoms with van der Waals surface area (Å²) in [5.41, 5.74) is 7.57. The van der Waals surface area contributed by atoms with Crippen LogP contribution in [0.1, 0.15) is 74.3 Å². The molecule has 6 aromatic carbocycles. The molecule has 3 aliphatic carbocycles. The van der Waals surface area contributed by atoms with Crippen LogP contribution < -0.4 is 0 Å². The van der Waals surface area contributed by atoms with Gasteiger partial charge in [0, 0.05) is 38.4 Å². The van der Waals surface area contributed by atoms with Gasteiger partial charge in [0.15, 0.2) is 17.5 Å². The third-order valence-corrected chi connectivity index (χ3v) is 12.2. The van der Waals surface area contributed by atoms with Crippen LogP contribution in [0.15, 0.2) is 144 Å². The maximum atomic E-state index is 9.88. The summed E-state index contributed by atoms with van der Waals surface area (Å²) < 4.78 is 46.1. The minimum absolute atomic E-state index is 0.310. The third kappa shape index (κ3) is 5.07. The van der Waals surface area contributed by atoms with Crippen molar-refractivity contribution in [2.45, 2.75) is 63.1 Å². The van der Waals surface area contributed by atoms with Gasteiger partial charge in [0.2, 0.25) is 0 Å². The molecule has 8 aromatic rings. The van der Waals surface area contributed by atoms with Crippen LogP contribution in [-0.2, 0) is 5.41 Å². The molecule has 0 unspecified atom stereocenters. The maximum absolute atomic E-state index is 9.88. The predicted octanol–water partition coefficient (Wildman–Crippen LogP) is 13.2. The number of hydrogen-bond acceptors (Lipinski definition) is 4. The number of nitrogens with zero attached hydrogens (tertiary/aromatic N) is 3. The van der Waals surface area contributed by atoms with Gasteiger partial charge in [0.05, 0.1) is 0 Å². The molecule has 0 aliphatic heterocycles. The van der Waals surface area contributed by atoms with Gasteiger partial charge in [-0.25, -0.2) is 15.0 Å². The van der Waals surface area contributed by atoms with Crippen molar-refractivity contribution < 1.29 is 9.90 Å². The lowest BCUT2D eigenvalue weighted by molar-refractivity contribution is 0.0951. The van der Waals surface area contributed by atoms with Gasteiger partial charge in [0.1, 0.15) is 11.2 Å². The number of benzene rings is 6. The van der Waals surface area contributed by atoms with E-state index in [-0.39, 0.29) is 5.41 Å². The highest BCUT2D eigenvalue weighted by Gasteiger charge is 2.49. The molecule has 2 spiro atoms. The SMILES string of the molecule is [2H]C1([2H])CC2(CCCCC2)CC([2H])([2H])C12c1ccccc1-c1ccc(-c3ccc4c(c3)oc3cc(-c5nc(-c6ccccc6)nc(-c6ccccc6)n5)ccc34)cc12. The summed E-state index contributed by atoms with van der Waals surface area (Å²) in [6.45, 7) is 0. The molecule has 11 rings (SSSR count). The Morgan fingerprint density at radius 3 is 1.63 bits per heavy atom. The summed E-state index contributed by atoms with van der Waals surface area (Å²) >= 11 is 0. The number of aromatic nitrogens is 3. The quantitative estimate of drug-likeness (QED) is 0.183. The van der Waals surface area contributed by atoms with Crippen molar-refractivity contribution in [1.29, 1.82) is 0 Å². The van der Waals surface area contributed by atoms with E-state index in [1.165, 1.54) is 0 Å². The molecule has 3 aliphatic rings. The Labute approximate surface area is 321 Å². The van der Waals surface area contributed by atoms with E-state index in [4.69, 9.17) is 19.4 Å². The van der Waals surface area contributed by atoms with Crippen LogP contribution in [0.3, 0.4) is 0 Å². The van der Waals surface area contributed by atoms with Crippen molar-refractivity contribution in [1.82, 2.24) is 15.0 Å². The van der Waals surface area contributed by atoms with Gasteiger partial charge in [0.25, 0.3) is 0 Å². The summed E-state index contributed by atoms with van der Waals surface area (Å²) in [7, 11) is 0. The zero-order valence-electron chi connectivity index (χ0n) is 34.0. The standard InChI is InChI=1S/C50H41N3O/c1-4-12-33(13-5-1)46-51-47(34-14-6-2-7-15-34)53-48(52-46)37-20-23-41-40-22-19-36(31-44(40)54-45(41)32-37)35-18-21-39-38-16-8-9-17-42(38)50(43(39)30-35)28-26-49(27-29-50)24-10-3-11-25-49/h1-2,4-9,12-23,30-32H,3,10-11,24-29H2/i28D2,29D2. The Bertz CT molecular complexity index is 2820. The second kappa shape index (κ2) is 12.3. The fourth-order valence-electron chi connectivity index (χ4n) is 9.29. The Morgan fingerprint density at radius 2 is 0.963 bits per heavy atom. The second-order valence-electron chi connectivity index (χ2n) is 15.4. The second-order valence-corrected chi connectivity index (χ2v) is 15.4. The Kier molecular flexibility index (Phi) is 6.33. The van der Waals surface area contributed by atoms with E-state index >= 15 is 0 Å². The van der Waals surface area contributed by atoms with Crippen LogP contribution in [0.5, 0.6) is 0 Å². The first-order valence-corrected chi connectivity index (χ1v) is 19.2. The molecular weight excluding hydrogens is 659 g/mol. The van der Waals surface area contributed by atoms with E-state index < -0.39 is 18.2 Å². The van der Waals surface area contributed by atoms with Gasteiger partial charge < -0.3 is 4.42 Å². The molecule has 0 atom stereocenters. The molecule has 2 aromatic heterocycles. The van der Waals surface area contributed by atoms with Gasteiger partial charge in [-0.3, -0.25) is 0 Å². The summed E-state index contributed by atoms with van der Waals surface area (Å²) in [4.78, 5) is 14.7. The van der Waals surface area contributed by atoms with Crippen LogP contribution in [0.4, 0.5) is 0 Å². The highest BCUT2D eigenvalue weighted by atomic mass is 16.3. The molecule has 4 nitrogen and oxygen atoms in total. The normalized spacial score (nSPS) is 19.9. The molecule has 0 radical (unpaired) electrons. The summed E-state index contributed by atoms with van der Waals surface area (Å²) in [6.07, 6.45) is 2.18. The third-order valence-electron chi connectivity index (χ3n) is 12.2. The van der Waals surface area contributed by atoms with E-state index in [9.17, 15) is 5.48 Å². The van der Waals surface area contributed by atoms with Crippen molar-refractivity contribution in [3.63, 3.8) is 0 Å². The van der Waals surface area contributed by atoms with Crippen molar-refractivity contribution in [2.24, 2.45) is 5.41 Å². The molecule has 0 bridgehead atoms. The molecule has 4 heteroatoms. The van der Waals surface area contributed by atoms with Gasteiger partial charge in [-0.05, 0) is 108 Å². The molecule has 2 fully saturated rings. The van der Waals surface area contributed by atoms with Crippen LogP contribution >= 0.6 is 0 Å². The molecule has 2 heterocycles. The lowest BCUT2D eigenvalue weighted by Gasteiger charge is -2.48. The zero-order valence-corrected chi connectivity index (χ0v) is 30.0. The summed E-state index contributed by atoms with van der Waals surface area (Å²) in [5, 5.41) is 1.97. The first kappa shape index (κ1) is 27.7. The minimum Gasteiger partial charge on any atom is -0.456 e. The summed E-state index contributed by atoms with van der Waals surface area (Å²) in [5.74, 6) is 1.75. The Hall–Kier alpha value is -5.87. The minimum atomic E-state index is -1.80. The summed E-state index contributed by atoms with van der Waals surface area (Å²) in [6, 6.07) is 46.4. The number of hydrogen-bond donors (Lipinski definition) is 0. The zero-order chi connectivity index (χ0) is 39.3. The fourth-order valence-corrected chi connectivity index (χ4v) is 9.29. The average molecular weight is 704 g/mol. The molecular formula is C50H41N3O. The number of rotatable bonds is 4. The van der Waals surface area contributed by atoms with Gasteiger partial charge in [-0.15, -0.1) is 0 Å². The molecule has 0 N–H and O–H groups in total. The highest BCUT2D eigenvalue weighted by molar-refractivity contribution is 6.07. The van der Waals surface area contributed by atoms with E-state index in [0.29, 0.717) is 30.3 Å². The van der Waals surface area contributed by atoms with Gasteiger partial charge >= 0.3 is 0 Å². The van der Waals surface area contributed by atoms with Crippen molar-refractivity contribution in [2.75, 3.05) is 0 Å². The first-order chi connectivity index (χ1) is 28.1. The Balaban J connectivity index is 1.01. The van der Waals surface area contributed by atoms with Crippen LogP contribution in [-0.4, -0.2) is 15.0 Å². The Morgan fingerprint density at radius 1 is 0.444 bits per heavy atom. The van der Waals surface area contributed by atoms with E-state index in [1.54, 1.807) is 0 Å². The molecule has 0 saturated heterocycles. The average Bonchev–Trinajstić information content (AvgIpc) is 3.77. The van der Waals surface area contributed by atoms with Crippen LogP contribution in [0, 0.1) is 5.41 Å². The molecule has 0 amide bonds. The van der Waals surface area contributed by atoms with Crippen molar-refractivity contribution in [3.05, 3.63) is 151 Å². The maximum Gasteiger partial charge on any atom is 0.164 e. The van der Waals surface area contributed by atoms with Crippen molar-refractivity contribution >= 4 is 21.9 Å². The lowest BCUT2D eigenvalue weighted by Crippen LogP contribution is -2.38. The monoisotopic (exact) mass is 703 g/mol. The smallest absolute Gasteiger partial charge is 0.164 e. The van der Waals surface area contributed by atoms with Crippen LogP contribution in [0.25, 0.3) is 78.4 Å². The molecule has 54 heavy (non-hydrogen) atoms. The lowest BCUT2D eigenvalue weighted by atomic mass is 9.56. The molecule has 2 saturated carbocycles. The number of fused-ring (bicyclic) bond motifs is 8. The topological polar surface area (TPSA) is 51.8 Å². The van der Waals surface area contributed by atoms with Crippen molar-refractivity contribution in [3.8, 4) is 56.4 Å². The highest BCUT2D eigenvalue weighted by Crippen LogP contribution is 2.61. The predicted molar refractivity (Wildman–Crippen MR) is 219 cm³/mol. The fraction of sp³-hybridized carbons (Fsp3) is 0.220. The van der Waals surface area contributed by atoms with Gasteiger partial charge in [-0.1, -0.05) is 128 Å². The van der Waals surface area contributed by atoms with E-state index in [2.05, 4.69) is 42.5 Å². The first-order valence-electron chi connectivity index (χ1n) is 21.2. The molecule has 262 valence electrons.